The Morgan fingerprint density at radius 3 is 2.61 bits per heavy atom. The Kier molecular flexibility index (Phi) is 6.18. The van der Waals surface area contributed by atoms with Gasteiger partial charge in [-0.05, 0) is 37.3 Å². The van der Waals surface area contributed by atoms with Gasteiger partial charge in [0.05, 0.1) is 10.3 Å². The smallest absolute Gasteiger partial charge is 0.261 e. The first-order chi connectivity index (χ1) is 11.0. The third-order valence-electron chi connectivity index (χ3n) is 4.54. The van der Waals surface area contributed by atoms with E-state index in [-0.39, 0.29) is 18.4 Å². The monoisotopic (exact) mass is 338 g/mol. The average Bonchev–Trinajstić information content (AvgIpc) is 2.97. The fourth-order valence-corrected chi connectivity index (χ4v) is 4.20. The van der Waals surface area contributed by atoms with Gasteiger partial charge >= 0.3 is 0 Å². The molecular weight excluding hydrogens is 312 g/mol. The molecule has 1 aromatic rings. The van der Waals surface area contributed by atoms with Crippen LogP contribution in [-0.4, -0.2) is 31.6 Å². The van der Waals surface area contributed by atoms with Crippen molar-refractivity contribution in [1.29, 1.82) is 0 Å². The molecule has 23 heavy (non-hydrogen) atoms. The predicted octanol–water partition coefficient (Wildman–Crippen LogP) is 2.27. The van der Waals surface area contributed by atoms with Crippen LogP contribution in [0.2, 0.25) is 0 Å². The zero-order chi connectivity index (χ0) is 16.9. The first kappa shape index (κ1) is 17.9. The summed E-state index contributed by atoms with van der Waals surface area (Å²) in [5.74, 6) is -0.465. The van der Waals surface area contributed by atoms with E-state index < -0.39 is 5.41 Å². The summed E-state index contributed by atoms with van der Waals surface area (Å²) in [6.45, 7) is 5.55. The maximum absolute atomic E-state index is 12.5. The van der Waals surface area contributed by atoms with Gasteiger partial charge in [-0.3, -0.25) is 9.59 Å². The quantitative estimate of drug-likeness (QED) is 0.800. The van der Waals surface area contributed by atoms with Gasteiger partial charge in [0.25, 0.3) is 5.91 Å². The van der Waals surface area contributed by atoms with Crippen molar-refractivity contribution < 1.29 is 14.3 Å². The molecule has 0 radical (unpaired) electrons. The Labute approximate surface area is 141 Å². The number of thiophene rings is 1. The Bertz CT molecular complexity index is 562. The normalized spacial score (nSPS) is 17.0. The summed E-state index contributed by atoms with van der Waals surface area (Å²) in [4.78, 5) is 26.3. The van der Waals surface area contributed by atoms with E-state index in [0.717, 1.165) is 24.1 Å². The number of carbonyl (C=O) groups excluding carboxylic acids is 2. The summed E-state index contributed by atoms with van der Waals surface area (Å²) in [5.41, 5.74) is 6.15. The van der Waals surface area contributed by atoms with Crippen molar-refractivity contribution >= 4 is 23.2 Å². The van der Waals surface area contributed by atoms with Crippen LogP contribution < -0.4 is 11.1 Å². The van der Waals surface area contributed by atoms with E-state index >= 15 is 0 Å². The SMILES string of the molecule is CCCc1sc(C(=O)NCC2(C(N)=O)CCOCC2)cc1CC. The van der Waals surface area contributed by atoms with E-state index in [4.69, 9.17) is 10.5 Å². The number of nitrogens with one attached hydrogen (secondary N) is 1. The van der Waals surface area contributed by atoms with Crippen LogP contribution in [0, 0.1) is 5.41 Å². The molecular formula is C17H26N2O3S. The summed E-state index contributed by atoms with van der Waals surface area (Å²) in [5, 5.41) is 2.91. The minimum atomic E-state index is -0.676. The predicted molar refractivity (Wildman–Crippen MR) is 91.7 cm³/mol. The maximum atomic E-state index is 12.5. The largest absolute Gasteiger partial charge is 0.381 e. The van der Waals surface area contributed by atoms with Crippen molar-refractivity contribution in [2.45, 2.75) is 46.0 Å². The van der Waals surface area contributed by atoms with Gasteiger partial charge in [0.15, 0.2) is 0 Å². The first-order valence-corrected chi connectivity index (χ1v) is 9.11. The fraction of sp³-hybridized carbons (Fsp3) is 0.647. The van der Waals surface area contributed by atoms with E-state index in [1.54, 1.807) is 11.3 Å². The van der Waals surface area contributed by atoms with Crippen molar-refractivity contribution in [3.8, 4) is 0 Å². The Morgan fingerprint density at radius 1 is 1.35 bits per heavy atom. The highest BCUT2D eigenvalue weighted by atomic mass is 32.1. The van der Waals surface area contributed by atoms with Crippen LogP contribution in [-0.2, 0) is 22.4 Å². The molecule has 0 atom stereocenters. The van der Waals surface area contributed by atoms with Crippen molar-refractivity contribution in [3.63, 3.8) is 0 Å². The number of carbonyl (C=O) groups is 2. The van der Waals surface area contributed by atoms with E-state index in [9.17, 15) is 9.59 Å². The lowest BCUT2D eigenvalue weighted by molar-refractivity contribution is -0.132. The van der Waals surface area contributed by atoms with Crippen LogP contribution in [0.5, 0.6) is 0 Å². The van der Waals surface area contributed by atoms with Crippen molar-refractivity contribution in [2.75, 3.05) is 19.8 Å². The molecule has 0 unspecified atom stereocenters. The molecule has 1 aromatic heterocycles. The maximum Gasteiger partial charge on any atom is 0.261 e. The van der Waals surface area contributed by atoms with Gasteiger partial charge in [-0.15, -0.1) is 11.3 Å². The van der Waals surface area contributed by atoms with Gasteiger partial charge in [-0.25, -0.2) is 0 Å². The lowest BCUT2D eigenvalue weighted by Crippen LogP contribution is -2.49. The number of amides is 2. The zero-order valence-electron chi connectivity index (χ0n) is 13.9. The third-order valence-corrected chi connectivity index (χ3v) is 5.77. The highest BCUT2D eigenvalue weighted by molar-refractivity contribution is 7.14. The number of rotatable bonds is 7. The van der Waals surface area contributed by atoms with E-state index in [1.807, 2.05) is 6.07 Å². The molecule has 0 aliphatic carbocycles. The second kappa shape index (κ2) is 7.93. The molecule has 1 aliphatic heterocycles. The molecule has 2 rings (SSSR count). The van der Waals surface area contributed by atoms with Gasteiger partial charge < -0.3 is 15.8 Å². The second-order valence-corrected chi connectivity index (χ2v) is 7.24. The Morgan fingerprint density at radius 2 is 2.04 bits per heavy atom. The van der Waals surface area contributed by atoms with E-state index in [2.05, 4.69) is 19.2 Å². The lowest BCUT2D eigenvalue weighted by atomic mass is 9.79. The average molecular weight is 338 g/mol. The lowest BCUT2D eigenvalue weighted by Gasteiger charge is -2.34. The van der Waals surface area contributed by atoms with Crippen LogP contribution in [0.25, 0.3) is 0 Å². The molecule has 6 heteroatoms. The molecule has 5 nitrogen and oxygen atoms in total. The van der Waals surface area contributed by atoms with Crippen molar-refractivity contribution in [1.82, 2.24) is 5.32 Å². The number of hydrogen-bond acceptors (Lipinski definition) is 4. The number of aryl methyl sites for hydroxylation is 2. The number of hydrogen-bond donors (Lipinski definition) is 2. The molecule has 1 saturated heterocycles. The molecule has 1 aliphatic rings. The highest BCUT2D eigenvalue weighted by Crippen LogP contribution is 2.30. The van der Waals surface area contributed by atoms with Gasteiger partial charge in [0.1, 0.15) is 0 Å². The molecule has 128 valence electrons. The Balaban J connectivity index is 2.05. The van der Waals surface area contributed by atoms with Gasteiger partial charge in [0.2, 0.25) is 5.91 Å². The first-order valence-electron chi connectivity index (χ1n) is 8.30. The molecule has 0 aromatic carbocycles. The molecule has 1 fully saturated rings. The molecule has 0 saturated carbocycles. The minimum Gasteiger partial charge on any atom is -0.381 e. The van der Waals surface area contributed by atoms with Gasteiger partial charge in [-0.1, -0.05) is 20.3 Å². The summed E-state index contributed by atoms with van der Waals surface area (Å²) in [6, 6.07) is 1.98. The van der Waals surface area contributed by atoms with E-state index in [1.165, 1.54) is 10.4 Å². The molecule has 0 spiro atoms. The number of nitrogens with two attached hydrogens (primary N) is 1. The summed E-state index contributed by atoms with van der Waals surface area (Å²) >= 11 is 1.56. The van der Waals surface area contributed by atoms with Crippen molar-refractivity contribution in [2.24, 2.45) is 11.1 Å². The summed E-state index contributed by atoms with van der Waals surface area (Å²) in [6.07, 6.45) is 4.13. The minimum absolute atomic E-state index is 0.112. The van der Waals surface area contributed by atoms with Gasteiger partial charge in [0, 0.05) is 24.6 Å². The Hall–Kier alpha value is -1.40. The standard InChI is InChI=1S/C17H26N2O3S/c1-3-5-13-12(4-2)10-14(23-13)15(20)19-11-17(16(18)21)6-8-22-9-7-17/h10H,3-9,11H2,1-2H3,(H2,18,21)(H,19,20). The number of ether oxygens (including phenoxy) is 1. The van der Waals surface area contributed by atoms with Crippen LogP contribution in [0.3, 0.4) is 0 Å². The summed E-state index contributed by atoms with van der Waals surface area (Å²) < 4.78 is 5.31. The number of primary amides is 1. The second-order valence-electron chi connectivity index (χ2n) is 6.10. The molecule has 3 N–H and O–H groups in total. The fourth-order valence-electron chi connectivity index (χ4n) is 2.93. The molecule has 2 heterocycles. The van der Waals surface area contributed by atoms with E-state index in [0.29, 0.717) is 26.1 Å². The topological polar surface area (TPSA) is 81.4 Å². The zero-order valence-corrected chi connectivity index (χ0v) is 14.8. The highest BCUT2D eigenvalue weighted by Gasteiger charge is 2.38. The molecule has 0 bridgehead atoms. The van der Waals surface area contributed by atoms with Crippen LogP contribution in [0.15, 0.2) is 6.07 Å². The van der Waals surface area contributed by atoms with Crippen molar-refractivity contribution in [3.05, 3.63) is 21.4 Å². The third kappa shape index (κ3) is 4.12. The van der Waals surface area contributed by atoms with Gasteiger partial charge in [-0.2, -0.15) is 0 Å². The van der Waals surface area contributed by atoms with Crippen LogP contribution >= 0.6 is 11.3 Å². The van der Waals surface area contributed by atoms with Crippen LogP contribution in [0.4, 0.5) is 0 Å². The van der Waals surface area contributed by atoms with Crippen LogP contribution in [0.1, 0.15) is 53.2 Å². The summed E-state index contributed by atoms with van der Waals surface area (Å²) in [7, 11) is 0. The molecule has 2 amide bonds.